The van der Waals surface area contributed by atoms with Gasteiger partial charge in [-0.1, -0.05) is 72.8 Å². The minimum absolute atomic E-state index is 0.0147. The van der Waals surface area contributed by atoms with Gasteiger partial charge in [0.2, 0.25) is 5.91 Å². The van der Waals surface area contributed by atoms with Gasteiger partial charge in [0.15, 0.2) is 11.5 Å². The molecule has 0 aliphatic carbocycles. The van der Waals surface area contributed by atoms with Crippen molar-refractivity contribution in [3.8, 4) is 11.5 Å². The van der Waals surface area contributed by atoms with Crippen LogP contribution in [0.25, 0.3) is 0 Å². The Morgan fingerprint density at radius 3 is 2.21 bits per heavy atom. The highest BCUT2D eigenvalue weighted by atomic mass is 16.5. The summed E-state index contributed by atoms with van der Waals surface area (Å²) in [5.41, 5.74) is 3.11. The number of rotatable bonds is 9. The van der Waals surface area contributed by atoms with Crippen LogP contribution in [0.4, 0.5) is 0 Å². The normalized spacial score (nSPS) is 10.3. The quantitative estimate of drug-likeness (QED) is 0.610. The predicted octanol–water partition coefficient (Wildman–Crippen LogP) is 4.18. The van der Waals surface area contributed by atoms with E-state index in [1.807, 2.05) is 78.9 Å². The van der Waals surface area contributed by atoms with Crippen molar-refractivity contribution in [3.05, 3.63) is 95.6 Å². The van der Waals surface area contributed by atoms with Gasteiger partial charge < -0.3 is 14.8 Å². The van der Waals surface area contributed by atoms with Crippen LogP contribution in [-0.4, -0.2) is 19.6 Å². The summed E-state index contributed by atoms with van der Waals surface area (Å²) in [5, 5.41) is 2.98. The van der Waals surface area contributed by atoms with Crippen LogP contribution in [0.3, 0.4) is 0 Å². The van der Waals surface area contributed by atoms with E-state index in [-0.39, 0.29) is 5.91 Å². The zero-order valence-electron chi connectivity index (χ0n) is 16.1. The van der Waals surface area contributed by atoms with Gasteiger partial charge in [-0.25, -0.2) is 0 Å². The first kappa shape index (κ1) is 19.5. The molecule has 0 saturated heterocycles. The van der Waals surface area contributed by atoms with E-state index in [1.165, 1.54) is 0 Å². The third kappa shape index (κ3) is 5.61. The number of methoxy groups -OCH3 is 1. The number of hydrogen-bond acceptors (Lipinski definition) is 3. The smallest absolute Gasteiger partial charge is 0.224 e. The summed E-state index contributed by atoms with van der Waals surface area (Å²) in [7, 11) is 1.64. The van der Waals surface area contributed by atoms with Gasteiger partial charge >= 0.3 is 0 Å². The molecule has 0 aliphatic rings. The summed E-state index contributed by atoms with van der Waals surface area (Å²) in [6, 6.07) is 25.6. The average Bonchev–Trinajstić information content (AvgIpc) is 2.74. The van der Waals surface area contributed by atoms with Crippen molar-refractivity contribution < 1.29 is 14.3 Å². The molecule has 3 rings (SSSR count). The lowest BCUT2D eigenvalue weighted by Crippen LogP contribution is -2.27. The summed E-state index contributed by atoms with van der Waals surface area (Å²) in [6.07, 6.45) is 1.05. The SMILES string of the molecule is COc1cccc(CCNC(=O)Cc2ccccc2)c1OCc1ccccc1. The summed E-state index contributed by atoms with van der Waals surface area (Å²) in [4.78, 5) is 12.2. The Bertz CT molecular complexity index is 879. The summed E-state index contributed by atoms with van der Waals surface area (Å²) < 4.78 is 11.5. The Morgan fingerprint density at radius 1 is 0.857 bits per heavy atom. The second-order valence-electron chi connectivity index (χ2n) is 6.49. The molecule has 144 valence electrons. The highest BCUT2D eigenvalue weighted by molar-refractivity contribution is 5.78. The van der Waals surface area contributed by atoms with Crippen molar-refractivity contribution >= 4 is 5.91 Å². The van der Waals surface area contributed by atoms with E-state index >= 15 is 0 Å². The fourth-order valence-corrected chi connectivity index (χ4v) is 2.99. The van der Waals surface area contributed by atoms with E-state index in [0.717, 1.165) is 22.4 Å². The zero-order valence-corrected chi connectivity index (χ0v) is 16.1. The molecular weight excluding hydrogens is 350 g/mol. The Labute approximate surface area is 166 Å². The highest BCUT2D eigenvalue weighted by Gasteiger charge is 2.11. The number of para-hydroxylation sites is 1. The number of hydrogen-bond donors (Lipinski definition) is 1. The molecule has 3 aromatic carbocycles. The molecule has 0 heterocycles. The predicted molar refractivity (Wildman–Crippen MR) is 111 cm³/mol. The highest BCUT2D eigenvalue weighted by Crippen LogP contribution is 2.32. The van der Waals surface area contributed by atoms with Gasteiger partial charge in [-0.15, -0.1) is 0 Å². The van der Waals surface area contributed by atoms with Crippen molar-refractivity contribution in [3.63, 3.8) is 0 Å². The van der Waals surface area contributed by atoms with Gasteiger partial charge in [0.05, 0.1) is 13.5 Å². The zero-order chi connectivity index (χ0) is 19.6. The van der Waals surface area contributed by atoms with E-state index in [4.69, 9.17) is 9.47 Å². The van der Waals surface area contributed by atoms with Crippen LogP contribution in [0.2, 0.25) is 0 Å². The molecule has 0 fully saturated rings. The summed E-state index contributed by atoms with van der Waals surface area (Å²) in [6.45, 7) is 1.01. The third-order valence-electron chi connectivity index (χ3n) is 4.43. The molecule has 1 amide bonds. The maximum Gasteiger partial charge on any atom is 0.224 e. The van der Waals surface area contributed by atoms with Crippen LogP contribution in [-0.2, 0) is 24.2 Å². The van der Waals surface area contributed by atoms with Crippen LogP contribution < -0.4 is 14.8 Å². The van der Waals surface area contributed by atoms with Crippen LogP contribution >= 0.6 is 0 Å². The number of ether oxygens (including phenoxy) is 2. The monoisotopic (exact) mass is 375 g/mol. The minimum Gasteiger partial charge on any atom is -0.493 e. The van der Waals surface area contributed by atoms with E-state index in [1.54, 1.807) is 7.11 Å². The fourth-order valence-electron chi connectivity index (χ4n) is 2.99. The van der Waals surface area contributed by atoms with E-state index in [9.17, 15) is 4.79 Å². The Kier molecular flexibility index (Phi) is 7.08. The molecule has 0 spiro atoms. The molecule has 0 aliphatic heterocycles. The lowest BCUT2D eigenvalue weighted by Gasteiger charge is -2.15. The van der Waals surface area contributed by atoms with Crippen LogP contribution in [0.5, 0.6) is 11.5 Å². The van der Waals surface area contributed by atoms with E-state index in [2.05, 4.69) is 5.32 Å². The Balaban J connectivity index is 1.59. The molecule has 4 heteroatoms. The molecule has 28 heavy (non-hydrogen) atoms. The second kappa shape index (κ2) is 10.2. The molecule has 0 saturated carbocycles. The standard InChI is InChI=1S/C24H25NO3/c1-27-22-14-8-13-21(24(22)28-18-20-11-6-3-7-12-20)15-16-25-23(26)17-19-9-4-2-5-10-19/h2-14H,15-18H2,1H3,(H,25,26). The molecule has 3 aromatic rings. The van der Waals surface area contributed by atoms with Gasteiger partial charge in [-0.3, -0.25) is 4.79 Å². The van der Waals surface area contributed by atoms with E-state index < -0.39 is 0 Å². The van der Waals surface area contributed by atoms with Gasteiger partial charge in [-0.05, 0) is 29.2 Å². The number of carbonyl (C=O) groups excluding carboxylic acids is 1. The first-order valence-electron chi connectivity index (χ1n) is 9.39. The molecule has 4 nitrogen and oxygen atoms in total. The van der Waals surface area contributed by atoms with Gasteiger partial charge in [0.1, 0.15) is 6.61 Å². The lowest BCUT2D eigenvalue weighted by atomic mass is 10.1. The number of amides is 1. The van der Waals surface area contributed by atoms with Gasteiger partial charge in [0.25, 0.3) is 0 Å². The number of carbonyl (C=O) groups is 1. The maximum absolute atomic E-state index is 12.2. The lowest BCUT2D eigenvalue weighted by molar-refractivity contribution is -0.120. The second-order valence-corrected chi connectivity index (χ2v) is 6.49. The molecule has 0 aromatic heterocycles. The molecule has 0 radical (unpaired) electrons. The third-order valence-corrected chi connectivity index (χ3v) is 4.43. The average molecular weight is 375 g/mol. The first-order valence-corrected chi connectivity index (χ1v) is 9.39. The topological polar surface area (TPSA) is 47.6 Å². The van der Waals surface area contributed by atoms with E-state index in [0.29, 0.717) is 31.7 Å². The molecular formula is C24H25NO3. The van der Waals surface area contributed by atoms with Crippen molar-refractivity contribution in [1.82, 2.24) is 5.32 Å². The first-order chi connectivity index (χ1) is 13.8. The Morgan fingerprint density at radius 2 is 1.54 bits per heavy atom. The number of nitrogens with one attached hydrogen (secondary N) is 1. The maximum atomic E-state index is 12.2. The van der Waals surface area contributed by atoms with Crippen molar-refractivity contribution in [2.45, 2.75) is 19.4 Å². The van der Waals surface area contributed by atoms with Crippen LogP contribution in [0.1, 0.15) is 16.7 Å². The van der Waals surface area contributed by atoms with Gasteiger partial charge in [0, 0.05) is 6.54 Å². The van der Waals surface area contributed by atoms with Crippen LogP contribution in [0, 0.1) is 0 Å². The fraction of sp³-hybridized carbons (Fsp3) is 0.208. The van der Waals surface area contributed by atoms with Crippen LogP contribution in [0.15, 0.2) is 78.9 Å². The minimum atomic E-state index is 0.0147. The summed E-state index contributed by atoms with van der Waals surface area (Å²) in [5.74, 6) is 1.44. The Hall–Kier alpha value is -3.27. The van der Waals surface area contributed by atoms with Gasteiger partial charge in [-0.2, -0.15) is 0 Å². The largest absolute Gasteiger partial charge is 0.493 e. The van der Waals surface area contributed by atoms with Crippen molar-refractivity contribution in [2.75, 3.05) is 13.7 Å². The molecule has 0 atom stereocenters. The summed E-state index contributed by atoms with van der Waals surface area (Å²) >= 11 is 0. The van der Waals surface area contributed by atoms with Crippen molar-refractivity contribution in [1.29, 1.82) is 0 Å². The number of benzene rings is 3. The molecule has 0 bridgehead atoms. The van der Waals surface area contributed by atoms with Crippen molar-refractivity contribution in [2.24, 2.45) is 0 Å². The molecule has 0 unspecified atom stereocenters. The molecule has 1 N–H and O–H groups in total.